The maximum Gasteiger partial charge on any atom is 0.474 e. The molecule has 0 aliphatic carbocycles. The van der Waals surface area contributed by atoms with E-state index in [2.05, 4.69) is 34.2 Å². The van der Waals surface area contributed by atoms with E-state index in [0.29, 0.717) is 5.69 Å². The molecule has 2 N–H and O–H groups in total. The maximum absolute atomic E-state index is 11.7. The molecule has 1 rings (SSSR count). The number of hydrogen-bond donors (Lipinski definition) is 2. The van der Waals surface area contributed by atoms with Gasteiger partial charge in [-0.15, -0.1) is 5.10 Å². The highest BCUT2D eigenvalue weighted by Crippen LogP contribution is 2.42. The third-order valence-electron chi connectivity index (χ3n) is 3.81. The lowest BCUT2D eigenvalue weighted by Crippen LogP contribution is -2.30. The lowest BCUT2D eigenvalue weighted by atomic mass is 10.3. The second-order valence-electron chi connectivity index (χ2n) is 6.75. The zero-order valence-corrected chi connectivity index (χ0v) is 20.4. The second-order valence-corrected chi connectivity index (χ2v) is 8.21. The Bertz CT molecular complexity index is 853. The number of nitrogens with one attached hydrogen (secondary N) is 1. The first-order chi connectivity index (χ1) is 17.3. The first-order valence-corrected chi connectivity index (χ1v) is 11.9. The van der Waals surface area contributed by atoms with E-state index in [1.165, 1.54) is 0 Å². The molecule has 1 heterocycles. The van der Waals surface area contributed by atoms with Gasteiger partial charge in [-0.2, -0.15) is 0 Å². The molecule has 36 heavy (non-hydrogen) atoms. The minimum absolute atomic E-state index is 0.0211. The summed E-state index contributed by atoms with van der Waals surface area (Å²) in [5.74, 6) is -0.826. The lowest BCUT2D eigenvalue weighted by molar-refractivity contribution is -0.144. The van der Waals surface area contributed by atoms with Crippen LogP contribution in [0.25, 0.3) is 0 Å². The normalized spacial score (nSPS) is 13.4. The predicted octanol–water partition coefficient (Wildman–Crippen LogP) is -1.75. The SMILES string of the molecule is Cn1cc(COCCC(=O)COCCOCC(=O)NCOP(=O)(O)OCC(COC=O)OC=O)nn1. The van der Waals surface area contributed by atoms with Crippen molar-refractivity contribution in [2.24, 2.45) is 7.05 Å². The van der Waals surface area contributed by atoms with Crippen LogP contribution in [0.2, 0.25) is 0 Å². The average Bonchev–Trinajstić information content (AvgIpc) is 3.25. The minimum Gasteiger partial charge on any atom is -0.464 e. The molecule has 0 aliphatic heterocycles. The number of nitrogens with zero attached hydrogens (tertiary/aromatic N) is 3. The van der Waals surface area contributed by atoms with Crippen LogP contribution in [-0.2, 0) is 70.1 Å². The summed E-state index contributed by atoms with van der Waals surface area (Å²) < 4.78 is 46.8. The molecule has 1 aromatic heterocycles. The van der Waals surface area contributed by atoms with Gasteiger partial charge in [0.25, 0.3) is 12.9 Å². The maximum atomic E-state index is 11.7. The fourth-order valence-electron chi connectivity index (χ4n) is 2.18. The topological polar surface area (TPSA) is 213 Å². The number of amides is 1. The van der Waals surface area contributed by atoms with Gasteiger partial charge in [0.1, 0.15) is 32.2 Å². The van der Waals surface area contributed by atoms with Crippen LogP contribution < -0.4 is 5.32 Å². The smallest absolute Gasteiger partial charge is 0.464 e. The molecular formula is C18H29N4O13P. The van der Waals surface area contributed by atoms with Gasteiger partial charge in [0, 0.05) is 13.5 Å². The zero-order chi connectivity index (χ0) is 26.7. The predicted molar refractivity (Wildman–Crippen MR) is 115 cm³/mol. The van der Waals surface area contributed by atoms with Crippen molar-refractivity contribution in [1.82, 2.24) is 20.3 Å². The number of Topliss-reactive ketones (excluding diaryl/α,β-unsaturated/α-hetero) is 1. The molecule has 0 spiro atoms. The molecule has 1 amide bonds. The van der Waals surface area contributed by atoms with E-state index in [1.54, 1.807) is 17.9 Å². The van der Waals surface area contributed by atoms with E-state index < -0.39 is 46.4 Å². The summed E-state index contributed by atoms with van der Waals surface area (Å²) in [6.07, 6.45) is 0.748. The lowest BCUT2D eigenvalue weighted by Gasteiger charge is -2.17. The first-order valence-electron chi connectivity index (χ1n) is 10.4. The van der Waals surface area contributed by atoms with Gasteiger partial charge in [0.15, 0.2) is 11.9 Å². The number of ether oxygens (including phenoxy) is 5. The molecule has 0 bridgehead atoms. The van der Waals surface area contributed by atoms with Crippen molar-refractivity contribution in [2.75, 3.05) is 53.0 Å². The van der Waals surface area contributed by atoms with Crippen molar-refractivity contribution in [3.63, 3.8) is 0 Å². The average molecular weight is 540 g/mol. The molecule has 2 unspecified atom stereocenters. The van der Waals surface area contributed by atoms with Crippen LogP contribution in [0.15, 0.2) is 6.20 Å². The molecule has 2 atom stereocenters. The van der Waals surface area contributed by atoms with Crippen molar-refractivity contribution < 1.29 is 61.4 Å². The number of carbonyl (C=O) groups excluding carboxylic acids is 4. The zero-order valence-electron chi connectivity index (χ0n) is 19.5. The van der Waals surface area contributed by atoms with Crippen LogP contribution in [0, 0.1) is 0 Å². The van der Waals surface area contributed by atoms with E-state index >= 15 is 0 Å². The number of carbonyl (C=O) groups is 4. The Kier molecular flexibility index (Phi) is 16.0. The molecule has 0 aliphatic rings. The first kappa shape index (κ1) is 31.2. The van der Waals surface area contributed by atoms with E-state index in [4.69, 9.17) is 14.2 Å². The van der Waals surface area contributed by atoms with Gasteiger partial charge in [0.2, 0.25) is 5.91 Å². The Morgan fingerprint density at radius 3 is 2.53 bits per heavy atom. The highest BCUT2D eigenvalue weighted by atomic mass is 31.2. The number of aryl methyl sites for hydroxylation is 1. The fraction of sp³-hybridized carbons (Fsp3) is 0.667. The van der Waals surface area contributed by atoms with Gasteiger partial charge >= 0.3 is 7.82 Å². The van der Waals surface area contributed by atoms with E-state index in [-0.39, 0.29) is 58.2 Å². The summed E-state index contributed by atoms with van der Waals surface area (Å²) in [6, 6.07) is 0. The van der Waals surface area contributed by atoms with E-state index in [1.807, 2.05) is 0 Å². The Hall–Kier alpha value is -2.79. The third-order valence-corrected chi connectivity index (χ3v) is 4.74. The van der Waals surface area contributed by atoms with Gasteiger partial charge < -0.3 is 33.9 Å². The Labute approximate surface area is 205 Å². The standard InChI is InChI=1S/C18H29N4O13P/c1-22-6-15(20-21-22)7-29-3-2-16(25)8-30-4-5-31-11-18(26)19-12-35-36(27,28)34-10-17(33-14-24)9-32-13-23/h6,13-14,17H,2-5,7-12H2,1H3,(H,19,26)(H,27,28). The van der Waals surface area contributed by atoms with E-state index in [0.717, 1.165) is 0 Å². The molecule has 0 fully saturated rings. The molecule has 0 aromatic carbocycles. The molecule has 18 heteroatoms. The second kappa shape index (κ2) is 18.5. The fourth-order valence-corrected chi connectivity index (χ4v) is 2.83. The van der Waals surface area contributed by atoms with Crippen LogP contribution in [0.1, 0.15) is 12.1 Å². The minimum atomic E-state index is -4.60. The molecule has 0 saturated heterocycles. The monoisotopic (exact) mass is 540 g/mol. The number of phosphoric ester groups is 1. The van der Waals surface area contributed by atoms with Gasteiger partial charge in [-0.05, 0) is 0 Å². The van der Waals surface area contributed by atoms with Gasteiger partial charge in [-0.1, -0.05) is 5.21 Å². The van der Waals surface area contributed by atoms with Crippen molar-refractivity contribution in [2.45, 2.75) is 19.1 Å². The van der Waals surface area contributed by atoms with Gasteiger partial charge in [-0.3, -0.25) is 32.9 Å². The summed E-state index contributed by atoms with van der Waals surface area (Å²) in [6.45, 7) is -1.51. The third kappa shape index (κ3) is 16.0. The van der Waals surface area contributed by atoms with Crippen molar-refractivity contribution in [3.05, 3.63) is 11.9 Å². The number of phosphoric acid groups is 1. The van der Waals surface area contributed by atoms with E-state index in [9.17, 15) is 28.6 Å². The summed E-state index contributed by atoms with van der Waals surface area (Å²) in [5, 5.41) is 9.77. The highest BCUT2D eigenvalue weighted by Gasteiger charge is 2.24. The van der Waals surface area contributed by atoms with Gasteiger partial charge in [-0.25, -0.2) is 4.57 Å². The number of rotatable bonds is 23. The van der Waals surface area contributed by atoms with Crippen LogP contribution in [0.4, 0.5) is 0 Å². The quantitative estimate of drug-likeness (QED) is 0.0681. The van der Waals surface area contributed by atoms with Crippen LogP contribution in [-0.4, -0.2) is 104 Å². The largest absolute Gasteiger partial charge is 0.474 e. The molecule has 17 nitrogen and oxygen atoms in total. The Balaban J connectivity index is 2.02. The molecule has 204 valence electrons. The molecular weight excluding hydrogens is 511 g/mol. The summed E-state index contributed by atoms with van der Waals surface area (Å²) in [5.41, 5.74) is 0.657. The highest BCUT2D eigenvalue weighted by molar-refractivity contribution is 7.47. The molecule has 0 radical (unpaired) electrons. The number of hydrogen-bond acceptors (Lipinski definition) is 14. The molecule has 1 aromatic rings. The number of ketones is 1. The molecule has 0 saturated carbocycles. The van der Waals surface area contributed by atoms with Crippen LogP contribution in [0.3, 0.4) is 0 Å². The van der Waals surface area contributed by atoms with Crippen molar-refractivity contribution in [1.29, 1.82) is 0 Å². The van der Waals surface area contributed by atoms with Gasteiger partial charge in [0.05, 0.1) is 39.2 Å². The summed E-state index contributed by atoms with van der Waals surface area (Å²) >= 11 is 0. The Morgan fingerprint density at radius 1 is 1.11 bits per heavy atom. The summed E-state index contributed by atoms with van der Waals surface area (Å²) in [7, 11) is -2.86. The van der Waals surface area contributed by atoms with Crippen molar-refractivity contribution in [3.8, 4) is 0 Å². The number of aromatic nitrogens is 3. The summed E-state index contributed by atoms with van der Waals surface area (Å²) in [4.78, 5) is 53.4. The van der Waals surface area contributed by atoms with Crippen molar-refractivity contribution >= 4 is 32.5 Å². The Morgan fingerprint density at radius 2 is 1.86 bits per heavy atom. The van der Waals surface area contributed by atoms with Crippen LogP contribution in [0.5, 0.6) is 0 Å². The van der Waals surface area contributed by atoms with Crippen LogP contribution >= 0.6 is 7.82 Å².